The molecule has 3 rings (SSSR count). The van der Waals surface area contributed by atoms with E-state index in [9.17, 15) is 9.59 Å². The summed E-state index contributed by atoms with van der Waals surface area (Å²) in [6, 6.07) is 13.7. The zero-order valence-electron chi connectivity index (χ0n) is 12.0. The average Bonchev–Trinajstić information content (AvgIpc) is 3.22. The molecule has 0 atom stereocenters. The Morgan fingerprint density at radius 1 is 1.00 bits per heavy atom. The first kappa shape index (κ1) is 16.8. The van der Waals surface area contributed by atoms with Crippen LogP contribution in [0.15, 0.2) is 56.7 Å². The predicted molar refractivity (Wildman–Crippen MR) is 96.1 cm³/mol. The maximum Gasteiger partial charge on any atom is 0.305 e. The normalized spacial score (nSPS) is 10.4. The van der Waals surface area contributed by atoms with E-state index in [2.05, 4.69) is 26.8 Å². The Kier molecular flexibility index (Phi) is 5.03. The maximum atomic E-state index is 12.1. The van der Waals surface area contributed by atoms with Crippen molar-refractivity contribution in [2.75, 3.05) is 0 Å². The van der Waals surface area contributed by atoms with Gasteiger partial charge < -0.3 is 4.42 Å². The number of rotatable bonds is 3. The Bertz CT molecular complexity index is 906. The van der Waals surface area contributed by atoms with Gasteiger partial charge >= 0.3 is 5.91 Å². The van der Waals surface area contributed by atoms with E-state index >= 15 is 0 Å². The van der Waals surface area contributed by atoms with Gasteiger partial charge in [-0.3, -0.25) is 20.4 Å². The SMILES string of the molecule is O=C(NNC(=O)c1ccc(Br)s1)c1ccc(-c2ccccc2Cl)o1. The summed E-state index contributed by atoms with van der Waals surface area (Å²) < 4.78 is 6.33. The Hall–Kier alpha value is -2.09. The van der Waals surface area contributed by atoms with Crippen LogP contribution in [0, 0.1) is 0 Å². The molecule has 0 aliphatic rings. The van der Waals surface area contributed by atoms with Gasteiger partial charge in [-0.05, 0) is 52.3 Å². The first-order valence-electron chi connectivity index (χ1n) is 6.75. The van der Waals surface area contributed by atoms with Crippen molar-refractivity contribution in [3.8, 4) is 11.3 Å². The van der Waals surface area contributed by atoms with E-state index in [0.717, 1.165) is 3.79 Å². The van der Waals surface area contributed by atoms with Crippen LogP contribution in [0.1, 0.15) is 20.2 Å². The topological polar surface area (TPSA) is 71.3 Å². The van der Waals surface area contributed by atoms with Gasteiger partial charge in [0.05, 0.1) is 13.7 Å². The third-order valence-electron chi connectivity index (χ3n) is 3.06. The van der Waals surface area contributed by atoms with Crippen molar-refractivity contribution in [2.24, 2.45) is 0 Å². The number of halogens is 2. The number of carbonyl (C=O) groups is 2. The fourth-order valence-corrected chi connectivity index (χ4v) is 3.45. The summed E-state index contributed by atoms with van der Waals surface area (Å²) in [5.41, 5.74) is 5.33. The van der Waals surface area contributed by atoms with Gasteiger partial charge in [-0.2, -0.15) is 0 Å². The van der Waals surface area contributed by atoms with E-state index in [0.29, 0.717) is 21.2 Å². The van der Waals surface area contributed by atoms with Crippen molar-refractivity contribution in [2.45, 2.75) is 0 Å². The Morgan fingerprint density at radius 3 is 2.46 bits per heavy atom. The molecule has 0 saturated heterocycles. The summed E-state index contributed by atoms with van der Waals surface area (Å²) >= 11 is 10.6. The van der Waals surface area contributed by atoms with Gasteiger partial charge in [-0.25, -0.2) is 0 Å². The van der Waals surface area contributed by atoms with Gasteiger partial charge in [0, 0.05) is 5.56 Å². The van der Waals surface area contributed by atoms with Crippen LogP contribution < -0.4 is 10.9 Å². The summed E-state index contributed by atoms with van der Waals surface area (Å²) in [5, 5.41) is 0.524. The summed E-state index contributed by atoms with van der Waals surface area (Å²) in [6.07, 6.45) is 0. The second-order valence-electron chi connectivity index (χ2n) is 4.66. The van der Waals surface area contributed by atoms with Gasteiger partial charge in [0.25, 0.3) is 5.91 Å². The second kappa shape index (κ2) is 7.21. The number of hydrogen-bond donors (Lipinski definition) is 2. The molecule has 5 nitrogen and oxygen atoms in total. The molecule has 2 aromatic heterocycles. The molecular formula is C16H10BrClN2O3S. The standard InChI is InChI=1S/C16H10BrClN2O3S/c17-14-8-7-13(24-14)16(22)20-19-15(21)12-6-5-11(23-12)9-3-1-2-4-10(9)18/h1-8H,(H,19,21)(H,20,22). The molecule has 2 N–H and O–H groups in total. The highest BCUT2D eigenvalue weighted by Gasteiger charge is 2.15. The molecule has 0 fully saturated rings. The molecule has 1 aromatic carbocycles. The number of amides is 2. The zero-order valence-corrected chi connectivity index (χ0v) is 15.2. The number of benzene rings is 1. The van der Waals surface area contributed by atoms with Crippen LogP contribution in [-0.4, -0.2) is 11.8 Å². The molecular weight excluding hydrogens is 416 g/mol. The molecule has 0 bridgehead atoms. The smallest absolute Gasteiger partial charge is 0.305 e. The van der Waals surface area contributed by atoms with E-state index in [1.165, 1.54) is 17.4 Å². The molecule has 0 aliphatic heterocycles. The van der Waals surface area contributed by atoms with Crippen molar-refractivity contribution < 1.29 is 14.0 Å². The molecule has 122 valence electrons. The Morgan fingerprint density at radius 2 is 1.75 bits per heavy atom. The minimum atomic E-state index is -0.558. The second-order valence-corrected chi connectivity index (χ2v) is 7.53. The van der Waals surface area contributed by atoms with Crippen molar-refractivity contribution in [1.82, 2.24) is 10.9 Å². The average molecular weight is 426 g/mol. The largest absolute Gasteiger partial charge is 0.451 e. The summed E-state index contributed by atoms with van der Waals surface area (Å²) in [4.78, 5) is 24.4. The zero-order chi connectivity index (χ0) is 17.1. The molecule has 0 saturated carbocycles. The lowest BCUT2D eigenvalue weighted by molar-refractivity contribution is 0.0833. The van der Waals surface area contributed by atoms with Crippen LogP contribution >= 0.6 is 38.9 Å². The van der Waals surface area contributed by atoms with Gasteiger partial charge in [0.1, 0.15) is 5.76 Å². The number of hydrogen-bond acceptors (Lipinski definition) is 4. The molecule has 0 unspecified atom stereocenters. The lowest BCUT2D eigenvalue weighted by Crippen LogP contribution is -2.41. The third kappa shape index (κ3) is 3.69. The van der Waals surface area contributed by atoms with Gasteiger partial charge in [-0.15, -0.1) is 11.3 Å². The van der Waals surface area contributed by atoms with E-state index in [1.807, 2.05) is 6.07 Å². The number of nitrogens with one attached hydrogen (secondary N) is 2. The van der Waals surface area contributed by atoms with Gasteiger partial charge in [0.15, 0.2) is 5.76 Å². The van der Waals surface area contributed by atoms with Crippen LogP contribution in [0.3, 0.4) is 0 Å². The van der Waals surface area contributed by atoms with E-state index in [-0.39, 0.29) is 5.76 Å². The van der Waals surface area contributed by atoms with Crippen molar-refractivity contribution in [3.05, 3.63) is 68.0 Å². The monoisotopic (exact) mass is 424 g/mol. The molecule has 0 spiro atoms. The minimum absolute atomic E-state index is 0.0672. The highest BCUT2D eigenvalue weighted by atomic mass is 79.9. The number of carbonyl (C=O) groups excluding carboxylic acids is 2. The minimum Gasteiger partial charge on any atom is -0.451 e. The van der Waals surface area contributed by atoms with Crippen LogP contribution in [0.4, 0.5) is 0 Å². The van der Waals surface area contributed by atoms with Crippen molar-refractivity contribution in [1.29, 1.82) is 0 Å². The molecule has 2 heterocycles. The lowest BCUT2D eigenvalue weighted by Gasteiger charge is -2.04. The predicted octanol–water partition coefficient (Wildman–Crippen LogP) is 4.50. The molecule has 0 radical (unpaired) electrons. The number of hydrazine groups is 1. The van der Waals surface area contributed by atoms with Crippen LogP contribution in [0.25, 0.3) is 11.3 Å². The van der Waals surface area contributed by atoms with E-state index in [4.69, 9.17) is 16.0 Å². The van der Waals surface area contributed by atoms with Crippen molar-refractivity contribution >= 4 is 50.7 Å². The van der Waals surface area contributed by atoms with Crippen LogP contribution in [0.5, 0.6) is 0 Å². The highest BCUT2D eigenvalue weighted by molar-refractivity contribution is 9.11. The van der Waals surface area contributed by atoms with Gasteiger partial charge in [-0.1, -0.05) is 23.7 Å². The number of thiophene rings is 1. The fraction of sp³-hybridized carbons (Fsp3) is 0. The molecule has 3 aromatic rings. The van der Waals surface area contributed by atoms with E-state index < -0.39 is 11.8 Å². The highest BCUT2D eigenvalue weighted by Crippen LogP contribution is 2.29. The summed E-state index contributed by atoms with van der Waals surface area (Å²) in [7, 11) is 0. The first-order chi connectivity index (χ1) is 11.5. The molecule has 24 heavy (non-hydrogen) atoms. The van der Waals surface area contributed by atoms with E-state index in [1.54, 1.807) is 36.4 Å². The first-order valence-corrected chi connectivity index (χ1v) is 8.74. The van der Waals surface area contributed by atoms with Crippen LogP contribution in [0.2, 0.25) is 5.02 Å². The molecule has 8 heteroatoms. The fourth-order valence-electron chi connectivity index (χ4n) is 1.94. The van der Waals surface area contributed by atoms with Gasteiger partial charge in [0.2, 0.25) is 0 Å². The number of furan rings is 1. The molecule has 0 aliphatic carbocycles. The molecule has 2 amide bonds. The maximum absolute atomic E-state index is 12.1. The quantitative estimate of drug-likeness (QED) is 0.607. The van der Waals surface area contributed by atoms with Crippen LogP contribution in [-0.2, 0) is 0 Å². The summed E-state index contributed by atoms with van der Waals surface area (Å²) in [6.45, 7) is 0. The Labute approximate surface area is 154 Å². The summed E-state index contributed by atoms with van der Waals surface area (Å²) in [5.74, 6) is -0.425. The third-order valence-corrected chi connectivity index (χ3v) is 5.01. The lowest BCUT2D eigenvalue weighted by atomic mass is 10.2. The Balaban J connectivity index is 1.66. The van der Waals surface area contributed by atoms with Crippen molar-refractivity contribution in [3.63, 3.8) is 0 Å².